The van der Waals surface area contributed by atoms with E-state index in [0.717, 1.165) is 6.42 Å². The minimum atomic E-state index is 0.596. The van der Waals surface area contributed by atoms with E-state index in [-0.39, 0.29) is 0 Å². The monoisotopic (exact) mass is 348 g/mol. The molecule has 0 radical (unpaired) electrons. The van der Waals surface area contributed by atoms with Gasteiger partial charge >= 0.3 is 0 Å². The Bertz CT molecular complexity index is 1350. The van der Waals surface area contributed by atoms with Crippen LogP contribution in [0.15, 0.2) is 72.8 Å². The molecule has 27 heavy (non-hydrogen) atoms. The lowest BCUT2D eigenvalue weighted by atomic mass is 9.95. The summed E-state index contributed by atoms with van der Waals surface area (Å²) >= 11 is 0. The van der Waals surface area contributed by atoms with E-state index in [1.54, 1.807) is 0 Å². The lowest BCUT2D eigenvalue weighted by molar-refractivity contribution is 0.705. The lowest BCUT2D eigenvalue weighted by Gasteiger charge is -2.11. The van der Waals surface area contributed by atoms with Crippen molar-refractivity contribution >= 4 is 38.8 Å². The van der Waals surface area contributed by atoms with Crippen LogP contribution in [0.25, 0.3) is 44.5 Å². The van der Waals surface area contributed by atoms with Gasteiger partial charge in [-0.25, -0.2) is 0 Å². The maximum absolute atomic E-state index is 3.69. The number of fused-ring (bicyclic) bond motifs is 6. The molecule has 0 spiro atoms. The van der Waals surface area contributed by atoms with E-state index in [0.29, 0.717) is 5.92 Å². The fraction of sp³-hybridized carbons (Fsp3) is 0.120. The van der Waals surface area contributed by atoms with Gasteiger partial charge in [-0.1, -0.05) is 55.5 Å². The molecule has 0 aliphatic heterocycles. The highest BCUT2D eigenvalue weighted by Gasteiger charge is 2.18. The second-order valence-corrected chi connectivity index (χ2v) is 7.66. The molecule has 1 N–H and O–H groups in total. The smallest absolute Gasteiger partial charge is 0.0548 e. The highest BCUT2D eigenvalue weighted by atomic mass is 15.0. The van der Waals surface area contributed by atoms with Gasteiger partial charge in [-0.3, -0.25) is 0 Å². The molecule has 5 aromatic rings. The number of allylic oxidation sites excluding steroid dienone is 1. The van der Waals surface area contributed by atoms with Crippen molar-refractivity contribution in [3.63, 3.8) is 0 Å². The SMILES string of the molecule is CC1C=Cc2c([nH]c3cc4c5ccccc5n(-c5ccccc5)c4cc23)C1. The molecule has 6 rings (SSSR count). The minimum absolute atomic E-state index is 0.596. The molecule has 1 aliphatic carbocycles. The third kappa shape index (κ3) is 2.07. The number of hydrogen-bond donors (Lipinski definition) is 1. The predicted molar refractivity (Wildman–Crippen MR) is 115 cm³/mol. The summed E-state index contributed by atoms with van der Waals surface area (Å²) in [6.45, 7) is 2.28. The number of nitrogens with zero attached hydrogens (tertiary/aromatic N) is 1. The van der Waals surface area contributed by atoms with Gasteiger partial charge in [0.1, 0.15) is 0 Å². The van der Waals surface area contributed by atoms with E-state index in [1.165, 1.54) is 49.7 Å². The summed E-state index contributed by atoms with van der Waals surface area (Å²) in [6.07, 6.45) is 5.71. The van der Waals surface area contributed by atoms with Gasteiger partial charge < -0.3 is 9.55 Å². The van der Waals surface area contributed by atoms with E-state index in [9.17, 15) is 0 Å². The van der Waals surface area contributed by atoms with Gasteiger partial charge in [-0.2, -0.15) is 0 Å². The molecule has 2 heterocycles. The second-order valence-electron chi connectivity index (χ2n) is 7.66. The van der Waals surface area contributed by atoms with Gasteiger partial charge in [-0.05, 0) is 42.7 Å². The zero-order chi connectivity index (χ0) is 18.0. The molecule has 2 nitrogen and oxygen atoms in total. The van der Waals surface area contributed by atoms with Crippen LogP contribution in [0.2, 0.25) is 0 Å². The molecule has 0 fully saturated rings. The first-order valence-corrected chi connectivity index (χ1v) is 9.61. The molecule has 1 aliphatic rings. The van der Waals surface area contributed by atoms with Crippen molar-refractivity contribution in [2.24, 2.45) is 5.92 Å². The standard InChI is InChI=1S/C25H20N2/c1-16-11-12-18-20-15-25-21(14-23(20)26-22(18)13-16)19-9-5-6-10-24(19)27(25)17-7-3-2-4-8-17/h2-12,14-16,26H,13H2,1H3. The molecular formula is C25H20N2. The topological polar surface area (TPSA) is 20.7 Å². The van der Waals surface area contributed by atoms with E-state index >= 15 is 0 Å². The van der Waals surface area contributed by atoms with Gasteiger partial charge in [0.05, 0.1) is 11.0 Å². The largest absolute Gasteiger partial charge is 0.358 e. The Labute approximate surface area is 157 Å². The second kappa shape index (κ2) is 5.37. The van der Waals surface area contributed by atoms with Crippen molar-refractivity contribution < 1.29 is 0 Å². The molecular weight excluding hydrogens is 328 g/mol. The van der Waals surface area contributed by atoms with Crippen LogP contribution in [0.5, 0.6) is 0 Å². The van der Waals surface area contributed by atoms with Crippen LogP contribution in [0.4, 0.5) is 0 Å². The Morgan fingerprint density at radius 3 is 2.56 bits per heavy atom. The van der Waals surface area contributed by atoms with Crippen molar-refractivity contribution in [3.05, 3.63) is 84.1 Å². The maximum atomic E-state index is 3.69. The number of rotatable bonds is 1. The fourth-order valence-electron chi connectivity index (χ4n) is 4.59. The summed E-state index contributed by atoms with van der Waals surface area (Å²) in [6, 6.07) is 24.1. The Balaban J connectivity index is 1.77. The quantitative estimate of drug-likeness (QED) is 0.358. The number of aromatic amines is 1. The first-order chi connectivity index (χ1) is 13.3. The third-order valence-corrected chi connectivity index (χ3v) is 5.84. The van der Waals surface area contributed by atoms with Crippen LogP contribution in [-0.2, 0) is 6.42 Å². The minimum Gasteiger partial charge on any atom is -0.358 e. The summed E-state index contributed by atoms with van der Waals surface area (Å²) < 4.78 is 2.39. The van der Waals surface area contributed by atoms with Gasteiger partial charge in [-0.15, -0.1) is 0 Å². The number of para-hydroxylation sites is 2. The van der Waals surface area contributed by atoms with Crippen molar-refractivity contribution in [2.45, 2.75) is 13.3 Å². The molecule has 1 unspecified atom stereocenters. The average molecular weight is 348 g/mol. The molecule has 0 bridgehead atoms. The Morgan fingerprint density at radius 1 is 0.852 bits per heavy atom. The zero-order valence-corrected chi connectivity index (χ0v) is 15.2. The average Bonchev–Trinajstić information content (AvgIpc) is 3.21. The number of aromatic nitrogens is 2. The molecule has 130 valence electrons. The van der Waals surface area contributed by atoms with Crippen LogP contribution in [-0.4, -0.2) is 9.55 Å². The summed E-state index contributed by atoms with van der Waals surface area (Å²) in [5.74, 6) is 0.596. The number of benzene rings is 3. The van der Waals surface area contributed by atoms with E-state index < -0.39 is 0 Å². The van der Waals surface area contributed by atoms with Crippen molar-refractivity contribution in [1.82, 2.24) is 9.55 Å². The van der Waals surface area contributed by atoms with Gasteiger partial charge in [0, 0.05) is 38.6 Å². The van der Waals surface area contributed by atoms with Gasteiger partial charge in [0.15, 0.2) is 0 Å². The molecule has 3 aromatic carbocycles. The summed E-state index contributed by atoms with van der Waals surface area (Å²) in [4.78, 5) is 3.69. The number of nitrogens with one attached hydrogen (secondary N) is 1. The lowest BCUT2D eigenvalue weighted by Crippen LogP contribution is -2.01. The molecule has 0 amide bonds. The fourth-order valence-corrected chi connectivity index (χ4v) is 4.59. The van der Waals surface area contributed by atoms with Crippen LogP contribution in [0, 0.1) is 5.92 Å². The summed E-state index contributed by atoms with van der Waals surface area (Å²) in [5, 5.41) is 3.92. The molecule has 1 atom stereocenters. The van der Waals surface area contributed by atoms with Crippen LogP contribution < -0.4 is 0 Å². The Kier molecular flexibility index (Phi) is 2.96. The first kappa shape index (κ1) is 14.9. The maximum Gasteiger partial charge on any atom is 0.0548 e. The zero-order valence-electron chi connectivity index (χ0n) is 15.2. The van der Waals surface area contributed by atoms with Crippen LogP contribution >= 0.6 is 0 Å². The third-order valence-electron chi connectivity index (χ3n) is 5.84. The summed E-state index contributed by atoms with van der Waals surface area (Å²) in [5.41, 5.74) is 7.69. The highest BCUT2D eigenvalue weighted by molar-refractivity contribution is 6.14. The van der Waals surface area contributed by atoms with Gasteiger partial charge in [0.2, 0.25) is 0 Å². The predicted octanol–water partition coefficient (Wildman–Crippen LogP) is 6.47. The van der Waals surface area contributed by atoms with E-state index in [1.807, 2.05) is 0 Å². The summed E-state index contributed by atoms with van der Waals surface area (Å²) in [7, 11) is 0. The van der Waals surface area contributed by atoms with Crippen molar-refractivity contribution in [2.75, 3.05) is 0 Å². The van der Waals surface area contributed by atoms with Crippen LogP contribution in [0.3, 0.4) is 0 Å². The molecule has 0 saturated carbocycles. The Morgan fingerprint density at radius 2 is 1.67 bits per heavy atom. The van der Waals surface area contributed by atoms with Gasteiger partial charge in [0.25, 0.3) is 0 Å². The van der Waals surface area contributed by atoms with E-state index in [4.69, 9.17) is 0 Å². The highest BCUT2D eigenvalue weighted by Crippen LogP contribution is 2.37. The van der Waals surface area contributed by atoms with E-state index in [2.05, 4.69) is 95.4 Å². The van der Waals surface area contributed by atoms with Crippen molar-refractivity contribution in [1.29, 1.82) is 0 Å². The Hall–Kier alpha value is -3.26. The number of hydrogen-bond acceptors (Lipinski definition) is 0. The molecule has 0 saturated heterocycles. The molecule has 2 aromatic heterocycles. The first-order valence-electron chi connectivity index (χ1n) is 9.61. The van der Waals surface area contributed by atoms with Crippen molar-refractivity contribution in [3.8, 4) is 5.69 Å². The molecule has 2 heteroatoms. The number of H-pyrrole nitrogens is 1. The van der Waals surface area contributed by atoms with Crippen LogP contribution in [0.1, 0.15) is 18.2 Å². The normalized spacial score (nSPS) is 16.4.